The van der Waals surface area contributed by atoms with Gasteiger partial charge < -0.3 is 15.2 Å². The lowest BCUT2D eigenvalue weighted by Gasteiger charge is -2.13. The van der Waals surface area contributed by atoms with E-state index in [0.29, 0.717) is 12.5 Å². The molecule has 1 aromatic rings. The van der Waals surface area contributed by atoms with Crippen LogP contribution in [0.2, 0.25) is 0 Å². The van der Waals surface area contributed by atoms with Crippen LogP contribution in [0.15, 0.2) is 24.3 Å². The third kappa shape index (κ3) is 3.93. The Bertz CT molecular complexity index is 350. The monoisotopic (exact) mass is 220 g/mol. The van der Waals surface area contributed by atoms with Gasteiger partial charge in [-0.15, -0.1) is 0 Å². The van der Waals surface area contributed by atoms with Gasteiger partial charge in [-0.3, -0.25) is 0 Å². The second-order valence-electron chi connectivity index (χ2n) is 4.08. The average molecular weight is 220 g/mol. The van der Waals surface area contributed by atoms with Crippen molar-refractivity contribution >= 4 is 6.09 Å². The lowest BCUT2D eigenvalue weighted by Crippen LogP contribution is -2.35. The highest BCUT2D eigenvalue weighted by molar-refractivity contribution is 5.61. The van der Waals surface area contributed by atoms with E-state index >= 15 is 0 Å². The van der Waals surface area contributed by atoms with Crippen LogP contribution in [0.3, 0.4) is 0 Å². The molecule has 0 saturated carbocycles. The van der Waals surface area contributed by atoms with Gasteiger partial charge in [-0.1, -0.05) is 44.5 Å². The zero-order valence-electron chi connectivity index (χ0n) is 9.82. The fraction of sp³-hybridized carbons (Fsp3) is 0.462. The predicted octanol–water partition coefficient (Wildman–Crippen LogP) is 2.02. The molecule has 0 aliphatic rings. The van der Waals surface area contributed by atoms with Gasteiger partial charge in [0.25, 0.3) is 0 Å². The Balaban J connectivity index is 2.66. The van der Waals surface area contributed by atoms with E-state index in [1.54, 1.807) is 0 Å². The normalized spacial score (nSPS) is 12.1. The molecule has 0 spiro atoms. The molecule has 1 atom stereocenters. The zero-order valence-corrected chi connectivity index (χ0v) is 9.82. The number of carbonyl (C=O) groups is 1. The number of rotatable bonds is 5. The van der Waals surface area contributed by atoms with Crippen molar-refractivity contribution in [3.8, 4) is 0 Å². The molecule has 1 amide bonds. The topological polar surface area (TPSA) is 52.2 Å². The summed E-state index contributed by atoms with van der Waals surface area (Å²) >= 11 is 0. The van der Waals surface area contributed by atoms with Gasteiger partial charge >= 0.3 is 0 Å². The van der Waals surface area contributed by atoms with Crippen molar-refractivity contribution in [1.29, 1.82) is 0 Å². The minimum Gasteiger partial charge on any atom is -0.530 e. The second-order valence-corrected chi connectivity index (χ2v) is 4.08. The fourth-order valence-corrected chi connectivity index (χ4v) is 1.78. The van der Waals surface area contributed by atoms with Crippen LogP contribution < -0.4 is 10.4 Å². The maximum Gasteiger partial charge on any atom is 0.134 e. The molecule has 0 bridgehead atoms. The van der Waals surface area contributed by atoms with Crippen LogP contribution in [0.4, 0.5) is 4.79 Å². The van der Waals surface area contributed by atoms with Crippen molar-refractivity contribution in [2.24, 2.45) is 0 Å². The van der Waals surface area contributed by atoms with E-state index in [-0.39, 0.29) is 0 Å². The smallest absolute Gasteiger partial charge is 0.134 e. The Morgan fingerprint density at radius 3 is 2.88 bits per heavy atom. The lowest BCUT2D eigenvalue weighted by molar-refractivity contribution is -0.251. The van der Waals surface area contributed by atoms with Crippen molar-refractivity contribution in [3.63, 3.8) is 0 Å². The first-order chi connectivity index (χ1) is 7.63. The molecule has 0 heterocycles. The first-order valence-corrected chi connectivity index (χ1v) is 5.67. The van der Waals surface area contributed by atoms with Crippen LogP contribution in [-0.2, 0) is 6.54 Å². The molecule has 1 unspecified atom stereocenters. The van der Waals surface area contributed by atoms with Crippen LogP contribution >= 0.6 is 0 Å². The fourth-order valence-electron chi connectivity index (χ4n) is 1.78. The first-order valence-electron chi connectivity index (χ1n) is 5.67. The SMILES string of the molecule is CCCC(C)c1cccc(CNC(=O)[O-])c1. The number of carbonyl (C=O) groups excluding carboxylic acids is 1. The van der Waals surface area contributed by atoms with Crippen molar-refractivity contribution in [1.82, 2.24) is 5.32 Å². The third-order valence-corrected chi connectivity index (χ3v) is 2.68. The van der Waals surface area contributed by atoms with Crippen molar-refractivity contribution in [3.05, 3.63) is 35.4 Å². The van der Waals surface area contributed by atoms with E-state index in [1.807, 2.05) is 12.1 Å². The largest absolute Gasteiger partial charge is 0.530 e. The number of carboxylic acid groups (broad SMARTS) is 1. The quantitative estimate of drug-likeness (QED) is 0.825. The molecule has 0 saturated heterocycles. The van der Waals surface area contributed by atoms with Crippen LogP contribution in [0, 0.1) is 0 Å². The highest BCUT2D eigenvalue weighted by Crippen LogP contribution is 2.21. The molecule has 0 radical (unpaired) electrons. The van der Waals surface area contributed by atoms with Gasteiger partial charge in [0.2, 0.25) is 0 Å². The van der Waals surface area contributed by atoms with Gasteiger partial charge in [0.05, 0.1) is 0 Å². The highest BCUT2D eigenvalue weighted by Gasteiger charge is 2.04. The maximum atomic E-state index is 10.3. The van der Waals surface area contributed by atoms with Crippen molar-refractivity contribution < 1.29 is 9.90 Å². The summed E-state index contributed by atoms with van der Waals surface area (Å²) in [7, 11) is 0. The number of benzene rings is 1. The van der Waals surface area contributed by atoms with Crippen LogP contribution in [-0.4, -0.2) is 6.09 Å². The van der Waals surface area contributed by atoms with Crippen LogP contribution in [0.25, 0.3) is 0 Å². The molecule has 1 aromatic carbocycles. The van der Waals surface area contributed by atoms with E-state index in [1.165, 1.54) is 5.56 Å². The summed E-state index contributed by atoms with van der Waals surface area (Å²) in [5.41, 5.74) is 2.24. The minimum atomic E-state index is -1.23. The zero-order chi connectivity index (χ0) is 12.0. The molecule has 3 heteroatoms. The van der Waals surface area contributed by atoms with Crippen molar-refractivity contribution in [2.75, 3.05) is 0 Å². The summed E-state index contributed by atoms with van der Waals surface area (Å²) < 4.78 is 0. The molecule has 1 rings (SSSR count). The van der Waals surface area contributed by atoms with Gasteiger partial charge in [-0.25, -0.2) is 0 Å². The van der Waals surface area contributed by atoms with Gasteiger partial charge in [0.15, 0.2) is 0 Å². The Hall–Kier alpha value is -1.51. The molecular weight excluding hydrogens is 202 g/mol. The molecule has 16 heavy (non-hydrogen) atoms. The molecule has 0 aliphatic carbocycles. The number of hydrogen-bond acceptors (Lipinski definition) is 2. The Morgan fingerprint density at radius 1 is 1.50 bits per heavy atom. The average Bonchev–Trinajstić information content (AvgIpc) is 2.27. The third-order valence-electron chi connectivity index (χ3n) is 2.68. The molecule has 88 valence electrons. The van der Waals surface area contributed by atoms with E-state index in [4.69, 9.17) is 0 Å². The lowest BCUT2D eigenvalue weighted by atomic mass is 9.95. The van der Waals surface area contributed by atoms with Gasteiger partial charge in [-0.2, -0.15) is 0 Å². The molecular formula is C13H18NO2-. The Labute approximate surface area is 96.5 Å². The van der Waals surface area contributed by atoms with Gasteiger partial charge in [0.1, 0.15) is 6.09 Å². The Kier molecular flexibility index (Phi) is 4.83. The standard InChI is InChI=1S/C13H19NO2/c1-3-5-10(2)12-7-4-6-11(8-12)9-14-13(15)16/h4,6-8,10,14H,3,5,9H2,1-2H3,(H,15,16)/p-1. The number of nitrogens with one attached hydrogen (secondary N) is 1. The summed E-state index contributed by atoms with van der Waals surface area (Å²) in [5.74, 6) is 0.521. The number of amides is 1. The molecule has 3 nitrogen and oxygen atoms in total. The molecule has 0 fully saturated rings. The molecule has 0 aromatic heterocycles. The summed E-state index contributed by atoms with van der Waals surface area (Å²) in [6.07, 6.45) is 1.08. The number of hydrogen-bond donors (Lipinski definition) is 1. The summed E-state index contributed by atoms with van der Waals surface area (Å²) in [6.45, 7) is 4.67. The van der Waals surface area contributed by atoms with E-state index in [9.17, 15) is 9.90 Å². The van der Waals surface area contributed by atoms with Gasteiger partial charge in [-0.05, 0) is 23.5 Å². The maximum absolute atomic E-state index is 10.3. The van der Waals surface area contributed by atoms with Crippen molar-refractivity contribution in [2.45, 2.75) is 39.2 Å². The van der Waals surface area contributed by atoms with E-state index in [0.717, 1.165) is 18.4 Å². The summed E-state index contributed by atoms with van der Waals surface area (Å²) in [4.78, 5) is 10.3. The Morgan fingerprint density at radius 2 is 2.25 bits per heavy atom. The summed E-state index contributed by atoms with van der Waals surface area (Å²) in [5, 5.41) is 12.5. The van der Waals surface area contributed by atoms with Gasteiger partial charge in [0, 0.05) is 6.54 Å². The van der Waals surface area contributed by atoms with E-state index in [2.05, 4.69) is 31.3 Å². The van der Waals surface area contributed by atoms with E-state index < -0.39 is 6.09 Å². The summed E-state index contributed by atoms with van der Waals surface area (Å²) in [6, 6.07) is 8.02. The molecule has 0 aliphatic heterocycles. The molecule has 1 N–H and O–H groups in total. The predicted molar refractivity (Wildman–Crippen MR) is 62.0 cm³/mol. The van der Waals surface area contributed by atoms with Crippen LogP contribution in [0.1, 0.15) is 43.7 Å². The first kappa shape index (κ1) is 12.6. The highest BCUT2D eigenvalue weighted by atomic mass is 16.4. The van der Waals surface area contributed by atoms with Crippen LogP contribution in [0.5, 0.6) is 0 Å². The second kappa shape index (κ2) is 6.16. The minimum absolute atomic E-state index is 0.315.